The molecule has 2 N–H and O–H groups in total. The van der Waals surface area contributed by atoms with Gasteiger partial charge in [-0.15, -0.1) is 0 Å². The molecule has 1 saturated heterocycles. The molecule has 0 aliphatic carbocycles. The molecule has 0 bridgehead atoms. The third-order valence-electron chi connectivity index (χ3n) is 4.04. The topological polar surface area (TPSA) is 175 Å². The number of ether oxygens (including phenoxy) is 1. The van der Waals surface area contributed by atoms with Gasteiger partial charge in [0, 0.05) is 13.0 Å². The number of nitriles is 2. The second kappa shape index (κ2) is 26.9. The predicted molar refractivity (Wildman–Crippen MR) is 119 cm³/mol. The summed E-state index contributed by atoms with van der Waals surface area (Å²) in [6, 6.07) is 17.9. The number of carbonyl (C=O) groups excluding carboxylic acids is 4. The number of aliphatic hydroxyl groups excluding tert-OH is 1. The Kier molecular flexibility index (Phi) is 29.9. The number of rotatable bonds is 2. The monoisotopic (exact) mass is 476 g/mol. The van der Waals surface area contributed by atoms with Crippen LogP contribution in [0.2, 0.25) is 0 Å². The maximum absolute atomic E-state index is 8.63. The van der Waals surface area contributed by atoms with Crippen LogP contribution in [0, 0.1) is 29.6 Å². The predicted octanol–water partition coefficient (Wildman–Crippen LogP) is 0.325. The SMILES string of the molecule is CCc1cc(C)cc(C#N)c1.CCc1cccc(C#N)c1.O=C=O.O=C=O.OC1CCCO1.[Li+].[OH-]. The minimum atomic E-state index is -0.454. The fraction of sp³-hybridized carbons (Fsp3) is 0.360. The zero-order valence-electron chi connectivity index (χ0n) is 20.5. The number of aryl methyl sites for hydroxylation is 3. The maximum atomic E-state index is 8.63. The molecule has 0 saturated carbocycles. The summed E-state index contributed by atoms with van der Waals surface area (Å²) in [5.41, 5.74) is 5.14. The average molecular weight is 476 g/mol. The molecule has 182 valence electrons. The minimum absolute atomic E-state index is 0. The van der Waals surface area contributed by atoms with Crippen LogP contribution in [0.15, 0.2) is 42.5 Å². The summed E-state index contributed by atoms with van der Waals surface area (Å²) in [7, 11) is 0. The standard InChI is InChI=1S/C10H11N.C9H9N.C4H8O2.2CO2.Li.H2O/c1-3-9-4-8(2)5-10(6-9)7-11;1-2-8-4-3-5-9(6-8)7-10;5-4-2-1-3-6-4;2*2-1-3;;/h4-6H,3H2,1-2H3;3-6H,2H2,1H3;4-5H,1-3H2;;;;1H2/q;;;;;+1;/p-1. The van der Waals surface area contributed by atoms with Crippen molar-refractivity contribution in [2.45, 2.75) is 52.7 Å². The van der Waals surface area contributed by atoms with Crippen LogP contribution in [-0.2, 0) is 36.8 Å². The van der Waals surface area contributed by atoms with Crippen molar-refractivity contribution in [2.24, 2.45) is 0 Å². The second-order valence-corrected chi connectivity index (χ2v) is 6.47. The molecule has 1 aliphatic heterocycles. The molecule has 1 atom stereocenters. The molecule has 2 aromatic rings. The molecule has 0 radical (unpaired) electrons. The molecule has 0 spiro atoms. The number of aliphatic hydroxyl groups is 1. The van der Waals surface area contributed by atoms with Gasteiger partial charge in [-0.2, -0.15) is 29.7 Å². The first-order valence-corrected chi connectivity index (χ1v) is 10.1. The third kappa shape index (κ3) is 22.2. The van der Waals surface area contributed by atoms with Crippen molar-refractivity contribution in [3.8, 4) is 12.1 Å². The zero-order valence-corrected chi connectivity index (χ0v) is 20.5. The summed E-state index contributed by atoms with van der Waals surface area (Å²) in [4.78, 5) is 32.5. The molecule has 1 heterocycles. The van der Waals surface area contributed by atoms with E-state index in [4.69, 9.17) is 39.5 Å². The van der Waals surface area contributed by atoms with E-state index in [9.17, 15) is 0 Å². The van der Waals surface area contributed by atoms with Crippen molar-refractivity contribution in [1.82, 2.24) is 0 Å². The molecule has 1 aliphatic rings. The quantitative estimate of drug-likeness (QED) is 0.598. The van der Waals surface area contributed by atoms with Crippen molar-refractivity contribution in [2.75, 3.05) is 6.61 Å². The van der Waals surface area contributed by atoms with Crippen molar-refractivity contribution in [3.05, 3.63) is 70.3 Å². The van der Waals surface area contributed by atoms with Gasteiger partial charge in [-0.25, -0.2) is 0 Å². The van der Waals surface area contributed by atoms with E-state index in [2.05, 4.69) is 32.1 Å². The molecule has 1 unspecified atom stereocenters. The van der Waals surface area contributed by atoms with Crippen LogP contribution in [0.4, 0.5) is 0 Å². The van der Waals surface area contributed by atoms with E-state index in [1.54, 1.807) is 0 Å². The smallest absolute Gasteiger partial charge is 0.870 e. The van der Waals surface area contributed by atoms with E-state index in [-0.39, 0.29) is 36.6 Å². The third-order valence-corrected chi connectivity index (χ3v) is 4.04. The second-order valence-electron chi connectivity index (χ2n) is 6.47. The van der Waals surface area contributed by atoms with Crippen LogP contribution in [-0.4, -0.2) is 35.8 Å². The number of hydrogen-bond donors (Lipinski definition) is 1. The van der Waals surface area contributed by atoms with Crippen LogP contribution in [0.25, 0.3) is 0 Å². The zero-order chi connectivity index (χ0) is 25.5. The van der Waals surface area contributed by atoms with E-state index in [0.29, 0.717) is 0 Å². The number of benzene rings is 2. The number of nitrogens with zero attached hydrogens (tertiary/aromatic N) is 2. The first-order chi connectivity index (χ1) is 15.8. The van der Waals surface area contributed by atoms with Gasteiger partial charge in [0.2, 0.25) is 0 Å². The van der Waals surface area contributed by atoms with Gasteiger partial charge >= 0.3 is 31.2 Å². The first-order valence-electron chi connectivity index (χ1n) is 10.1. The van der Waals surface area contributed by atoms with Gasteiger partial charge in [0.05, 0.1) is 23.3 Å². The van der Waals surface area contributed by atoms with Crippen molar-refractivity contribution < 1.29 is 53.4 Å². The normalized spacial score (nSPS) is 11.8. The van der Waals surface area contributed by atoms with Crippen LogP contribution in [0.3, 0.4) is 0 Å². The molecule has 10 heteroatoms. The van der Waals surface area contributed by atoms with Crippen molar-refractivity contribution in [3.63, 3.8) is 0 Å². The molecule has 2 aromatic carbocycles. The summed E-state index contributed by atoms with van der Waals surface area (Å²) >= 11 is 0. The van der Waals surface area contributed by atoms with Crippen LogP contribution in [0.5, 0.6) is 0 Å². The van der Waals surface area contributed by atoms with Gasteiger partial charge in [0.25, 0.3) is 0 Å². The summed E-state index contributed by atoms with van der Waals surface area (Å²) in [5.74, 6) is 0. The Balaban J connectivity index is -0.000000184. The van der Waals surface area contributed by atoms with Gasteiger partial charge < -0.3 is 15.3 Å². The van der Waals surface area contributed by atoms with Gasteiger partial charge in [-0.1, -0.05) is 32.0 Å². The maximum Gasteiger partial charge on any atom is 1.00 e. The molecule has 35 heavy (non-hydrogen) atoms. The summed E-state index contributed by atoms with van der Waals surface area (Å²) in [5, 5.41) is 25.6. The molecule has 1 fully saturated rings. The summed E-state index contributed by atoms with van der Waals surface area (Å²) < 4.78 is 4.71. The van der Waals surface area contributed by atoms with Gasteiger partial charge in [0.15, 0.2) is 6.29 Å². The molecular formula is C25H29LiN2O7. The van der Waals surface area contributed by atoms with Gasteiger partial charge in [-0.3, -0.25) is 0 Å². The average Bonchev–Trinajstić information content (AvgIpc) is 3.31. The van der Waals surface area contributed by atoms with E-state index in [1.165, 1.54) is 16.7 Å². The Hall–Kier alpha value is -3.34. The summed E-state index contributed by atoms with van der Waals surface area (Å²) in [6.45, 7) is 6.92. The van der Waals surface area contributed by atoms with Gasteiger partial charge in [-0.05, 0) is 67.1 Å². The van der Waals surface area contributed by atoms with E-state index in [1.807, 2.05) is 43.3 Å². The molecule has 0 aromatic heterocycles. The Morgan fingerprint density at radius 1 is 0.914 bits per heavy atom. The van der Waals surface area contributed by atoms with Crippen molar-refractivity contribution in [1.29, 1.82) is 10.5 Å². The van der Waals surface area contributed by atoms with Crippen molar-refractivity contribution >= 4 is 12.3 Å². The Bertz CT molecular complexity index is 955. The fourth-order valence-electron chi connectivity index (χ4n) is 2.55. The van der Waals surface area contributed by atoms with Crippen LogP contribution >= 0.6 is 0 Å². The van der Waals surface area contributed by atoms with Crippen LogP contribution < -0.4 is 18.9 Å². The Morgan fingerprint density at radius 2 is 1.43 bits per heavy atom. The van der Waals surface area contributed by atoms with Crippen LogP contribution in [0.1, 0.15) is 54.5 Å². The van der Waals surface area contributed by atoms with E-state index in [0.717, 1.165) is 43.4 Å². The first kappa shape index (κ1) is 38.9. The van der Waals surface area contributed by atoms with E-state index >= 15 is 0 Å². The Morgan fingerprint density at radius 3 is 1.80 bits per heavy atom. The fourth-order valence-corrected chi connectivity index (χ4v) is 2.55. The van der Waals surface area contributed by atoms with Gasteiger partial charge in [0.1, 0.15) is 0 Å². The van der Waals surface area contributed by atoms with E-state index < -0.39 is 6.29 Å². The molecule has 3 rings (SSSR count). The number of hydrogen-bond acceptors (Lipinski definition) is 9. The molecular weight excluding hydrogens is 447 g/mol. The Labute approximate surface area is 217 Å². The molecule has 9 nitrogen and oxygen atoms in total. The minimum Gasteiger partial charge on any atom is -0.870 e. The molecule has 0 amide bonds. The largest absolute Gasteiger partial charge is 1.00 e. The summed E-state index contributed by atoms with van der Waals surface area (Å²) in [6.07, 6.45) is 3.87.